The van der Waals surface area contributed by atoms with Gasteiger partial charge in [0.05, 0.1) is 11.8 Å². The van der Waals surface area contributed by atoms with E-state index in [0.717, 1.165) is 6.42 Å². The molecule has 1 atom stereocenters. The monoisotopic (exact) mass is 282 g/mol. The summed E-state index contributed by atoms with van der Waals surface area (Å²) in [7, 11) is 0. The molecule has 0 aliphatic carbocycles. The van der Waals surface area contributed by atoms with Gasteiger partial charge in [-0.3, -0.25) is 0 Å². The molecule has 0 spiro atoms. The third-order valence-corrected chi connectivity index (χ3v) is 2.74. The van der Waals surface area contributed by atoms with Crippen molar-refractivity contribution in [1.29, 1.82) is 5.26 Å². The summed E-state index contributed by atoms with van der Waals surface area (Å²) in [5, 5.41) is 12.0. The van der Waals surface area contributed by atoms with Crippen LogP contribution in [0, 0.1) is 11.3 Å². The highest BCUT2D eigenvalue weighted by Crippen LogP contribution is 2.21. The zero-order valence-electron chi connectivity index (χ0n) is 13.2. The Morgan fingerprint density at radius 2 is 2.15 bits per heavy atom. The van der Waals surface area contributed by atoms with Gasteiger partial charge in [0.15, 0.2) is 6.29 Å². The van der Waals surface area contributed by atoms with E-state index in [0.29, 0.717) is 25.3 Å². The standard InChI is InChI=1S/C15H26N2O3/c1-6-19-13(3)20-15(4,5)14(9-10-16)17-11-7-8-12(2)18/h9,13,17H,6-8,11H2,1-5H3/b14-9+. The van der Waals surface area contributed by atoms with Crippen molar-refractivity contribution in [1.82, 2.24) is 5.32 Å². The van der Waals surface area contributed by atoms with E-state index in [9.17, 15) is 4.79 Å². The van der Waals surface area contributed by atoms with Gasteiger partial charge < -0.3 is 19.6 Å². The second-order valence-corrected chi connectivity index (χ2v) is 5.07. The van der Waals surface area contributed by atoms with Gasteiger partial charge in [-0.2, -0.15) is 5.26 Å². The molecule has 0 aromatic heterocycles. The molecule has 0 aromatic carbocycles. The number of hydrogen-bond donors (Lipinski definition) is 1. The number of carbonyl (C=O) groups is 1. The van der Waals surface area contributed by atoms with Crippen molar-refractivity contribution in [3.05, 3.63) is 11.8 Å². The molecule has 0 aromatic rings. The molecule has 114 valence electrons. The van der Waals surface area contributed by atoms with E-state index in [4.69, 9.17) is 14.7 Å². The lowest BCUT2D eigenvalue weighted by Gasteiger charge is -2.31. The molecule has 1 unspecified atom stereocenters. The molecule has 0 radical (unpaired) electrons. The lowest BCUT2D eigenvalue weighted by Crippen LogP contribution is -2.39. The normalized spacial score (nSPS) is 13.7. The predicted octanol–water partition coefficient (Wildman–Crippen LogP) is 2.53. The highest BCUT2D eigenvalue weighted by Gasteiger charge is 2.26. The van der Waals surface area contributed by atoms with E-state index in [1.165, 1.54) is 6.08 Å². The number of nitrogens with one attached hydrogen (secondary N) is 1. The average molecular weight is 282 g/mol. The predicted molar refractivity (Wildman–Crippen MR) is 77.9 cm³/mol. The lowest BCUT2D eigenvalue weighted by molar-refractivity contribution is -0.177. The molecule has 5 nitrogen and oxygen atoms in total. The van der Waals surface area contributed by atoms with Gasteiger partial charge in [-0.1, -0.05) is 0 Å². The first-order chi connectivity index (χ1) is 9.33. The van der Waals surface area contributed by atoms with Crippen molar-refractivity contribution in [2.75, 3.05) is 13.2 Å². The quantitative estimate of drug-likeness (QED) is 0.379. The van der Waals surface area contributed by atoms with Gasteiger partial charge in [-0.05, 0) is 41.0 Å². The van der Waals surface area contributed by atoms with Gasteiger partial charge in [0, 0.05) is 25.6 Å². The van der Waals surface area contributed by atoms with Crippen molar-refractivity contribution in [2.45, 2.75) is 59.4 Å². The summed E-state index contributed by atoms with van der Waals surface area (Å²) in [6.45, 7) is 10.3. The first kappa shape index (κ1) is 18.6. The Labute approximate surface area is 121 Å². The molecule has 0 bridgehead atoms. The van der Waals surface area contributed by atoms with Crippen LogP contribution < -0.4 is 5.32 Å². The SMILES string of the molecule is CCOC(C)OC(C)(C)/C(=C\C#N)NCCCC(C)=O. The maximum atomic E-state index is 10.9. The van der Waals surface area contributed by atoms with Crippen LogP contribution in [0.3, 0.4) is 0 Å². The smallest absolute Gasteiger partial charge is 0.156 e. The Morgan fingerprint density at radius 3 is 2.65 bits per heavy atom. The van der Waals surface area contributed by atoms with Crippen LogP contribution >= 0.6 is 0 Å². The minimum Gasteiger partial charge on any atom is -0.385 e. The van der Waals surface area contributed by atoms with Crippen molar-refractivity contribution < 1.29 is 14.3 Å². The van der Waals surface area contributed by atoms with Gasteiger partial charge >= 0.3 is 0 Å². The highest BCUT2D eigenvalue weighted by molar-refractivity contribution is 5.75. The van der Waals surface area contributed by atoms with Crippen molar-refractivity contribution in [2.24, 2.45) is 0 Å². The second kappa shape index (κ2) is 9.51. The number of nitrogens with zero attached hydrogens (tertiary/aromatic N) is 1. The molecule has 0 aliphatic heterocycles. The van der Waals surface area contributed by atoms with Gasteiger partial charge in [0.2, 0.25) is 0 Å². The van der Waals surface area contributed by atoms with E-state index >= 15 is 0 Å². The molecule has 0 aliphatic rings. The van der Waals surface area contributed by atoms with E-state index in [2.05, 4.69) is 5.32 Å². The Balaban J connectivity index is 4.53. The van der Waals surface area contributed by atoms with Crippen LogP contribution in [0.1, 0.15) is 47.5 Å². The van der Waals surface area contributed by atoms with E-state index in [1.54, 1.807) is 6.92 Å². The first-order valence-corrected chi connectivity index (χ1v) is 6.96. The summed E-state index contributed by atoms with van der Waals surface area (Å²) in [5.41, 5.74) is 0.0377. The zero-order valence-corrected chi connectivity index (χ0v) is 13.2. The van der Waals surface area contributed by atoms with Crippen LogP contribution in [0.4, 0.5) is 0 Å². The van der Waals surface area contributed by atoms with Crippen molar-refractivity contribution >= 4 is 5.78 Å². The minimum absolute atomic E-state index is 0.165. The molecule has 0 saturated carbocycles. The van der Waals surface area contributed by atoms with Gasteiger partial charge in [0.1, 0.15) is 11.4 Å². The number of hydrogen-bond acceptors (Lipinski definition) is 5. The first-order valence-electron chi connectivity index (χ1n) is 6.96. The number of nitriles is 1. The van der Waals surface area contributed by atoms with Crippen LogP contribution in [-0.2, 0) is 14.3 Å². The van der Waals surface area contributed by atoms with Crippen LogP contribution in [0.5, 0.6) is 0 Å². The maximum absolute atomic E-state index is 10.9. The summed E-state index contributed by atoms with van der Waals surface area (Å²) in [6.07, 6.45) is 2.35. The van der Waals surface area contributed by atoms with Gasteiger partial charge in [-0.25, -0.2) is 0 Å². The molecule has 1 N–H and O–H groups in total. The molecule has 0 fully saturated rings. The molecular weight excluding hydrogens is 256 g/mol. The summed E-state index contributed by atoms with van der Waals surface area (Å²) in [6, 6.07) is 2.02. The number of Topliss-reactive ketones (excluding diaryl/α,β-unsaturated/α-hetero) is 1. The number of ketones is 1. The Bertz CT molecular complexity index is 370. The van der Waals surface area contributed by atoms with Crippen molar-refractivity contribution in [3.63, 3.8) is 0 Å². The maximum Gasteiger partial charge on any atom is 0.156 e. The third-order valence-electron chi connectivity index (χ3n) is 2.74. The summed E-state index contributed by atoms with van der Waals surface area (Å²) in [4.78, 5) is 10.9. The minimum atomic E-state index is -0.652. The van der Waals surface area contributed by atoms with E-state index < -0.39 is 5.60 Å². The molecular formula is C15H26N2O3. The molecule has 0 heterocycles. The number of rotatable bonds is 10. The fourth-order valence-electron chi connectivity index (χ4n) is 1.81. The average Bonchev–Trinajstić information content (AvgIpc) is 2.32. The topological polar surface area (TPSA) is 71.3 Å². The summed E-state index contributed by atoms with van der Waals surface area (Å²) in [5.74, 6) is 0.165. The summed E-state index contributed by atoms with van der Waals surface area (Å²) < 4.78 is 11.2. The van der Waals surface area contributed by atoms with E-state index in [1.807, 2.05) is 33.8 Å². The number of ether oxygens (including phenoxy) is 2. The molecule has 20 heavy (non-hydrogen) atoms. The Morgan fingerprint density at radius 1 is 1.50 bits per heavy atom. The van der Waals surface area contributed by atoms with Gasteiger partial charge in [-0.15, -0.1) is 0 Å². The summed E-state index contributed by atoms with van der Waals surface area (Å²) >= 11 is 0. The fraction of sp³-hybridized carbons (Fsp3) is 0.733. The number of carbonyl (C=O) groups excluding carboxylic acids is 1. The molecule has 0 rings (SSSR count). The van der Waals surface area contributed by atoms with E-state index in [-0.39, 0.29) is 12.1 Å². The van der Waals surface area contributed by atoms with Crippen molar-refractivity contribution in [3.8, 4) is 6.07 Å². The Hall–Kier alpha value is -1.38. The molecule has 5 heteroatoms. The largest absolute Gasteiger partial charge is 0.385 e. The molecule has 0 saturated heterocycles. The van der Waals surface area contributed by atoms with Crippen LogP contribution in [0.2, 0.25) is 0 Å². The van der Waals surface area contributed by atoms with Crippen LogP contribution in [0.25, 0.3) is 0 Å². The van der Waals surface area contributed by atoms with Gasteiger partial charge in [0.25, 0.3) is 0 Å². The fourth-order valence-corrected chi connectivity index (χ4v) is 1.81. The molecule has 0 amide bonds. The second-order valence-electron chi connectivity index (χ2n) is 5.07. The lowest BCUT2D eigenvalue weighted by atomic mass is 10.0. The zero-order chi connectivity index (χ0) is 15.6. The van der Waals surface area contributed by atoms with Crippen LogP contribution in [0.15, 0.2) is 11.8 Å². The number of allylic oxidation sites excluding steroid dienone is 1. The highest BCUT2D eigenvalue weighted by atomic mass is 16.7. The third kappa shape index (κ3) is 7.93. The van der Waals surface area contributed by atoms with Crippen LogP contribution in [-0.4, -0.2) is 30.8 Å². The Kier molecular flexibility index (Phi) is 8.86.